The molecule has 0 bridgehead atoms. The summed E-state index contributed by atoms with van der Waals surface area (Å²) >= 11 is 0. The molecule has 0 aliphatic heterocycles. The van der Waals surface area contributed by atoms with Gasteiger partial charge in [0.15, 0.2) is 5.96 Å². The Hall–Kier alpha value is -1.30. The molecule has 0 heterocycles. The molecule has 23 heavy (non-hydrogen) atoms. The SMILES string of the molecule is CN=C(NCCCCCCC(=O)OC)NCC(OC)C(C)(C)C. The normalized spacial score (nSPS) is 13.6. The second-order valence-corrected chi connectivity index (χ2v) is 6.71. The Labute approximate surface area is 141 Å². The topological polar surface area (TPSA) is 72.0 Å². The van der Waals surface area contributed by atoms with Gasteiger partial charge in [0.05, 0.1) is 13.2 Å². The van der Waals surface area contributed by atoms with Gasteiger partial charge in [-0.3, -0.25) is 9.79 Å². The van der Waals surface area contributed by atoms with Crippen molar-refractivity contribution in [1.82, 2.24) is 10.6 Å². The molecule has 0 spiro atoms. The number of rotatable bonds is 10. The van der Waals surface area contributed by atoms with Gasteiger partial charge in [-0.25, -0.2) is 0 Å². The molecular formula is C17H35N3O3. The van der Waals surface area contributed by atoms with Gasteiger partial charge >= 0.3 is 5.97 Å². The Bertz CT molecular complexity index is 351. The Kier molecular flexibility index (Phi) is 11.5. The molecule has 136 valence electrons. The molecule has 0 aromatic carbocycles. The maximum absolute atomic E-state index is 11.0. The number of methoxy groups -OCH3 is 2. The van der Waals surface area contributed by atoms with Gasteiger partial charge in [0.1, 0.15) is 0 Å². The van der Waals surface area contributed by atoms with Crippen molar-refractivity contribution in [2.75, 3.05) is 34.4 Å². The van der Waals surface area contributed by atoms with E-state index in [2.05, 4.69) is 41.1 Å². The molecule has 0 rings (SSSR count). The number of ether oxygens (including phenoxy) is 2. The van der Waals surface area contributed by atoms with Gasteiger partial charge in [-0.2, -0.15) is 0 Å². The number of nitrogens with one attached hydrogen (secondary N) is 2. The van der Waals surface area contributed by atoms with Gasteiger partial charge in [0.25, 0.3) is 0 Å². The first-order valence-corrected chi connectivity index (χ1v) is 8.39. The summed E-state index contributed by atoms with van der Waals surface area (Å²) in [4.78, 5) is 15.2. The Morgan fingerprint density at radius 2 is 1.74 bits per heavy atom. The summed E-state index contributed by atoms with van der Waals surface area (Å²) in [7, 11) is 4.94. The molecule has 0 aliphatic carbocycles. The second-order valence-electron chi connectivity index (χ2n) is 6.71. The van der Waals surface area contributed by atoms with Crippen LogP contribution < -0.4 is 10.6 Å². The number of hydrogen-bond acceptors (Lipinski definition) is 4. The lowest BCUT2D eigenvalue weighted by atomic mass is 9.89. The summed E-state index contributed by atoms with van der Waals surface area (Å²) < 4.78 is 10.1. The monoisotopic (exact) mass is 329 g/mol. The highest BCUT2D eigenvalue weighted by Crippen LogP contribution is 2.20. The van der Waals surface area contributed by atoms with E-state index in [0.29, 0.717) is 6.42 Å². The molecule has 0 saturated heterocycles. The van der Waals surface area contributed by atoms with Crippen molar-refractivity contribution in [3.8, 4) is 0 Å². The highest BCUT2D eigenvalue weighted by Gasteiger charge is 2.24. The molecule has 6 heteroatoms. The molecule has 1 atom stereocenters. The zero-order valence-corrected chi connectivity index (χ0v) is 15.7. The van der Waals surface area contributed by atoms with E-state index >= 15 is 0 Å². The van der Waals surface area contributed by atoms with Crippen LogP contribution in [0.5, 0.6) is 0 Å². The number of carbonyl (C=O) groups excluding carboxylic acids is 1. The van der Waals surface area contributed by atoms with Crippen LogP contribution in [0.3, 0.4) is 0 Å². The van der Waals surface area contributed by atoms with Gasteiger partial charge < -0.3 is 20.1 Å². The van der Waals surface area contributed by atoms with Crippen LogP contribution in [0.4, 0.5) is 0 Å². The fraction of sp³-hybridized carbons (Fsp3) is 0.882. The van der Waals surface area contributed by atoms with Crippen LogP contribution in [0.1, 0.15) is 52.9 Å². The van der Waals surface area contributed by atoms with Crippen LogP contribution in [0.15, 0.2) is 4.99 Å². The smallest absolute Gasteiger partial charge is 0.305 e. The number of aliphatic imine (C=N–C) groups is 1. The fourth-order valence-corrected chi connectivity index (χ4v) is 2.21. The van der Waals surface area contributed by atoms with Crippen LogP contribution in [-0.4, -0.2) is 52.4 Å². The van der Waals surface area contributed by atoms with E-state index in [1.807, 2.05) is 0 Å². The molecule has 0 aromatic rings. The quantitative estimate of drug-likeness (QED) is 0.279. The average Bonchev–Trinajstić information content (AvgIpc) is 2.50. The zero-order valence-electron chi connectivity index (χ0n) is 15.7. The number of nitrogens with zero attached hydrogens (tertiary/aromatic N) is 1. The minimum absolute atomic E-state index is 0.0836. The molecule has 0 amide bonds. The van der Waals surface area contributed by atoms with Crippen molar-refractivity contribution < 1.29 is 14.3 Å². The summed E-state index contributed by atoms with van der Waals surface area (Å²) in [6.07, 6.45) is 4.70. The number of hydrogen-bond donors (Lipinski definition) is 2. The lowest BCUT2D eigenvalue weighted by Crippen LogP contribution is -2.45. The van der Waals surface area contributed by atoms with Crippen molar-refractivity contribution in [2.24, 2.45) is 10.4 Å². The first kappa shape index (κ1) is 21.7. The third-order valence-electron chi connectivity index (χ3n) is 3.76. The summed E-state index contributed by atoms with van der Waals surface area (Å²) in [6, 6.07) is 0. The Balaban J connectivity index is 3.81. The number of carbonyl (C=O) groups is 1. The number of unbranched alkanes of at least 4 members (excludes halogenated alkanes) is 3. The molecule has 0 aliphatic rings. The maximum atomic E-state index is 11.0. The molecule has 0 fully saturated rings. The first-order valence-electron chi connectivity index (χ1n) is 8.39. The third-order valence-corrected chi connectivity index (χ3v) is 3.76. The molecule has 0 saturated carbocycles. The Morgan fingerprint density at radius 3 is 2.26 bits per heavy atom. The predicted octanol–water partition coefficient (Wildman–Crippen LogP) is 2.34. The van der Waals surface area contributed by atoms with Crippen LogP contribution in [0.2, 0.25) is 0 Å². The highest BCUT2D eigenvalue weighted by atomic mass is 16.5. The Morgan fingerprint density at radius 1 is 1.09 bits per heavy atom. The van der Waals surface area contributed by atoms with Crippen LogP contribution >= 0.6 is 0 Å². The summed E-state index contributed by atoms with van der Waals surface area (Å²) in [6.45, 7) is 8.07. The van der Waals surface area contributed by atoms with Crippen molar-refractivity contribution in [3.63, 3.8) is 0 Å². The fourth-order valence-electron chi connectivity index (χ4n) is 2.21. The predicted molar refractivity (Wildman–Crippen MR) is 94.7 cm³/mol. The lowest BCUT2D eigenvalue weighted by molar-refractivity contribution is -0.140. The lowest BCUT2D eigenvalue weighted by Gasteiger charge is -2.30. The third kappa shape index (κ3) is 11.0. The van der Waals surface area contributed by atoms with Gasteiger partial charge in [0, 0.05) is 33.7 Å². The average molecular weight is 329 g/mol. The molecule has 2 N–H and O–H groups in total. The van der Waals surface area contributed by atoms with Gasteiger partial charge in [-0.15, -0.1) is 0 Å². The molecule has 6 nitrogen and oxygen atoms in total. The van der Waals surface area contributed by atoms with E-state index in [4.69, 9.17) is 4.74 Å². The van der Waals surface area contributed by atoms with Gasteiger partial charge in [0.2, 0.25) is 0 Å². The maximum Gasteiger partial charge on any atom is 0.305 e. The van der Waals surface area contributed by atoms with E-state index < -0.39 is 0 Å². The summed E-state index contributed by atoms with van der Waals surface area (Å²) in [5.74, 6) is 0.671. The summed E-state index contributed by atoms with van der Waals surface area (Å²) in [5.41, 5.74) is 0.0836. The zero-order chi connectivity index (χ0) is 17.7. The van der Waals surface area contributed by atoms with Crippen molar-refractivity contribution in [3.05, 3.63) is 0 Å². The molecule has 0 aromatic heterocycles. The van der Waals surface area contributed by atoms with Crippen molar-refractivity contribution >= 4 is 11.9 Å². The van der Waals surface area contributed by atoms with Crippen LogP contribution in [-0.2, 0) is 14.3 Å². The number of esters is 1. The van der Waals surface area contributed by atoms with E-state index in [1.54, 1.807) is 14.2 Å². The van der Waals surface area contributed by atoms with E-state index in [-0.39, 0.29) is 17.5 Å². The minimum Gasteiger partial charge on any atom is -0.469 e. The van der Waals surface area contributed by atoms with Crippen molar-refractivity contribution in [1.29, 1.82) is 0 Å². The highest BCUT2D eigenvalue weighted by molar-refractivity contribution is 5.79. The number of guanidine groups is 1. The van der Waals surface area contributed by atoms with Gasteiger partial charge in [-0.1, -0.05) is 33.6 Å². The minimum atomic E-state index is -0.126. The first-order chi connectivity index (χ1) is 10.8. The van der Waals surface area contributed by atoms with Crippen LogP contribution in [0, 0.1) is 5.41 Å². The summed E-state index contributed by atoms with van der Waals surface area (Å²) in [5, 5.41) is 6.61. The standard InChI is InChI=1S/C17H35N3O3/c1-17(2,3)14(22-5)13-20-16(18-4)19-12-10-8-7-9-11-15(21)23-6/h14H,7-13H2,1-6H3,(H2,18,19,20). The van der Waals surface area contributed by atoms with E-state index in [0.717, 1.165) is 44.7 Å². The van der Waals surface area contributed by atoms with E-state index in [1.165, 1.54) is 7.11 Å². The molecule has 0 radical (unpaired) electrons. The van der Waals surface area contributed by atoms with Crippen LogP contribution in [0.25, 0.3) is 0 Å². The van der Waals surface area contributed by atoms with E-state index in [9.17, 15) is 4.79 Å². The van der Waals surface area contributed by atoms with Crippen molar-refractivity contribution in [2.45, 2.75) is 59.0 Å². The second kappa shape index (κ2) is 12.2. The largest absolute Gasteiger partial charge is 0.469 e. The molecular weight excluding hydrogens is 294 g/mol. The molecule has 1 unspecified atom stereocenters. The van der Waals surface area contributed by atoms with Gasteiger partial charge in [-0.05, 0) is 18.3 Å².